The van der Waals surface area contributed by atoms with Gasteiger partial charge in [-0.05, 0) is 25.6 Å². The Morgan fingerprint density at radius 1 is 1.38 bits per heavy atom. The first-order chi connectivity index (χ1) is 10.2. The van der Waals surface area contributed by atoms with Gasteiger partial charge in [-0.15, -0.1) is 5.10 Å². The normalized spacial score (nSPS) is 11.1. The zero-order chi connectivity index (χ0) is 14.8. The Labute approximate surface area is 123 Å². The van der Waals surface area contributed by atoms with Gasteiger partial charge >= 0.3 is 5.69 Å². The van der Waals surface area contributed by atoms with E-state index in [0.29, 0.717) is 34.9 Å². The third-order valence-electron chi connectivity index (χ3n) is 2.81. The number of nitrogens with zero attached hydrogens (tertiary/aromatic N) is 5. The number of anilines is 1. The van der Waals surface area contributed by atoms with Gasteiger partial charge in [-0.25, -0.2) is 19.9 Å². The number of fused-ring (bicyclic) bond motifs is 1. The van der Waals surface area contributed by atoms with Crippen LogP contribution in [0.2, 0.25) is 0 Å². The molecule has 110 valence electrons. The first-order valence-corrected chi connectivity index (χ1v) is 7.32. The quantitative estimate of drug-likeness (QED) is 0.598. The van der Waals surface area contributed by atoms with Crippen LogP contribution in [0.1, 0.15) is 13.8 Å². The van der Waals surface area contributed by atoms with Gasteiger partial charge < -0.3 is 10.3 Å². The van der Waals surface area contributed by atoms with Crippen molar-refractivity contribution in [2.24, 2.45) is 0 Å². The number of aromatic amines is 2. The Bertz CT molecular complexity index is 819. The van der Waals surface area contributed by atoms with Crippen LogP contribution in [0.25, 0.3) is 11.2 Å². The van der Waals surface area contributed by atoms with E-state index < -0.39 is 0 Å². The molecule has 0 saturated carbocycles. The Morgan fingerprint density at radius 3 is 3.00 bits per heavy atom. The highest BCUT2D eigenvalue weighted by atomic mass is 32.2. The van der Waals surface area contributed by atoms with Crippen molar-refractivity contribution < 1.29 is 0 Å². The molecule has 3 rings (SSSR count). The summed E-state index contributed by atoms with van der Waals surface area (Å²) < 4.78 is 1.54. The number of nitrogens with one attached hydrogen (secondary N) is 3. The van der Waals surface area contributed by atoms with Crippen LogP contribution in [0.15, 0.2) is 21.3 Å². The average Bonchev–Trinajstić information content (AvgIpc) is 3.06. The van der Waals surface area contributed by atoms with Crippen molar-refractivity contribution in [3.63, 3.8) is 0 Å². The van der Waals surface area contributed by atoms with Gasteiger partial charge in [-0.2, -0.15) is 4.98 Å². The molecule has 0 aliphatic heterocycles. The van der Waals surface area contributed by atoms with Gasteiger partial charge in [0.2, 0.25) is 5.95 Å². The molecule has 3 aromatic rings. The predicted molar refractivity (Wildman–Crippen MR) is 78.5 cm³/mol. The summed E-state index contributed by atoms with van der Waals surface area (Å²) in [4.78, 5) is 27.5. The molecule has 9 nitrogen and oxygen atoms in total. The summed E-state index contributed by atoms with van der Waals surface area (Å²) in [5.74, 6) is 0.500. The van der Waals surface area contributed by atoms with Gasteiger partial charge in [-0.3, -0.25) is 4.57 Å². The van der Waals surface area contributed by atoms with Crippen LogP contribution in [0.4, 0.5) is 5.95 Å². The standard InChI is InChI=1S/C11H14N8OS/c1-3-12-9-15-7-6(13-5-14-7)8(16-9)21-11-18-17-10(20)19(11)4-2/h5H,3-4H2,1-2H3,(H,17,20)(H2,12,13,14,15,16). The molecule has 3 aromatic heterocycles. The molecular weight excluding hydrogens is 292 g/mol. The van der Waals surface area contributed by atoms with E-state index in [1.807, 2.05) is 13.8 Å². The molecule has 10 heteroatoms. The Hall–Kier alpha value is -2.36. The van der Waals surface area contributed by atoms with Crippen LogP contribution in [0, 0.1) is 0 Å². The van der Waals surface area contributed by atoms with Crippen LogP contribution in [-0.4, -0.2) is 41.2 Å². The summed E-state index contributed by atoms with van der Waals surface area (Å²) in [6.07, 6.45) is 1.57. The highest BCUT2D eigenvalue weighted by molar-refractivity contribution is 7.99. The van der Waals surface area contributed by atoms with Crippen LogP contribution >= 0.6 is 11.8 Å². The van der Waals surface area contributed by atoms with Crippen molar-refractivity contribution in [2.45, 2.75) is 30.6 Å². The van der Waals surface area contributed by atoms with Crippen LogP contribution in [0.5, 0.6) is 0 Å². The second-order valence-electron chi connectivity index (χ2n) is 4.14. The number of imidazole rings is 1. The molecule has 0 fully saturated rings. The summed E-state index contributed by atoms with van der Waals surface area (Å²) in [6, 6.07) is 0. The number of H-pyrrole nitrogens is 2. The fourth-order valence-electron chi connectivity index (χ4n) is 1.86. The third-order valence-corrected chi connectivity index (χ3v) is 3.80. The van der Waals surface area contributed by atoms with E-state index in [9.17, 15) is 4.79 Å². The van der Waals surface area contributed by atoms with Crippen molar-refractivity contribution in [1.82, 2.24) is 34.7 Å². The van der Waals surface area contributed by atoms with E-state index in [1.54, 1.807) is 10.9 Å². The smallest absolute Gasteiger partial charge is 0.343 e. The number of aromatic nitrogens is 7. The monoisotopic (exact) mass is 306 g/mol. The maximum Gasteiger partial charge on any atom is 0.343 e. The summed E-state index contributed by atoms with van der Waals surface area (Å²) in [5.41, 5.74) is 1.06. The third kappa shape index (κ3) is 2.49. The van der Waals surface area contributed by atoms with Gasteiger partial charge in [0.15, 0.2) is 10.8 Å². The van der Waals surface area contributed by atoms with E-state index in [-0.39, 0.29) is 5.69 Å². The molecule has 0 aromatic carbocycles. The summed E-state index contributed by atoms with van der Waals surface area (Å²) in [5, 5.41) is 10.8. The lowest BCUT2D eigenvalue weighted by Gasteiger charge is -2.05. The molecule has 0 unspecified atom stereocenters. The van der Waals surface area contributed by atoms with Gasteiger partial charge in [0, 0.05) is 13.1 Å². The van der Waals surface area contributed by atoms with Crippen LogP contribution < -0.4 is 11.0 Å². The van der Waals surface area contributed by atoms with Crippen molar-refractivity contribution in [2.75, 3.05) is 11.9 Å². The minimum Gasteiger partial charge on any atom is -0.354 e. The van der Waals surface area contributed by atoms with Crippen LogP contribution in [-0.2, 0) is 6.54 Å². The minimum atomic E-state index is -0.234. The zero-order valence-electron chi connectivity index (χ0n) is 11.5. The molecule has 0 bridgehead atoms. The molecule has 0 amide bonds. The largest absolute Gasteiger partial charge is 0.354 e. The fraction of sp³-hybridized carbons (Fsp3) is 0.364. The fourth-order valence-corrected chi connectivity index (χ4v) is 2.83. The van der Waals surface area contributed by atoms with Crippen molar-refractivity contribution in [3.05, 3.63) is 16.8 Å². The predicted octanol–water partition coefficient (Wildman–Crippen LogP) is 0.841. The van der Waals surface area contributed by atoms with E-state index in [2.05, 4.69) is 35.5 Å². The van der Waals surface area contributed by atoms with E-state index in [0.717, 1.165) is 5.52 Å². The maximum atomic E-state index is 11.6. The molecule has 0 spiro atoms. The van der Waals surface area contributed by atoms with Crippen molar-refractivity contribution >= 4 is 28.9 Å². The molecule has 0 aliphatic rings. The maximum absolute atomic E-state index is 11.6. The summed E-state index contributed by atoms with van der Waals surface area (Å²) in [6.45, 7) is 5.10. The Balaban J connectivity index is 2.06. The summed E-state index contributed by atoms with van der Waals surface area (Å²) in [7, 11) is 0. The van der Waals surface area contributed by atoms with Crippen molar-refractivity contribution in [3.8, 4) is 0 Å². The lowest BCUT2D eigenvalue weighted by atomic mass is 10.5. The highest BCUT2D eigenvalue weighted by Gasteiger charge is 2.15. The first-order valence-electron chi connectivity index (χ1n) is 6.51. The first kappa shape index (κ1) is 13.6. The van der Waals surface area contributed by atoms with E-state index in [4.69, 9.17) is 0 Å². The number of hydrogen-bond acceptors (Lipinski definition) is 7. The molecule has 0 saturated heterocycles. The minimum absolute atomic E-state index is 0.234. The Morgan fingerprint density at radius 2 is 2.24 bits per heavy atom. The lowest BCUT2D eigenvalue weighted by molar-refractivity contribution is 0.660. The lowest BCUT2D eigenvalue weighted by Crippen LogP contribution is -2.16. The van der Waals surface area contributed by atoms with Gasteiger partial charge in [0.25, 0.3) is 0 Å². The highest BCUT2D eigenvalue weighted by Crippen LogP contribution is 2.29. The Kier molecular flexibility index (Phi) is 3.60. The molecule has 0 atom stereocenters. The molecule has 3 heterocycles. The van der Waals surface area contributed by atoms with Crippen LogP contribution in [0.3, 0.4) is 0 Å². The van der Waals surface area contributed by atoms with Crippen molar-refractivity contribution in [1.29, 1.82) is 0 Å². The van der Waals surface area contributed by atoms with Gasteiger partial charge in [0.05, 0.1) is 6.33 Å². The second-order valence-corrected chi connectivity index (χ2v) is 5.10. The SMILES string of the molecule is CCNc1nc(Sc2n[nH]c(=O)n2CC)c2[nH]cnc2n1. The van der Waals surface area contributed by atoms with E-state index >= 15 is 0 Å². The topological polar surface area (TPSA) is 117 Å². The average molecular weight is 306 g/mol. The molecular formula is C11H14N8OS. The van der Waals surface area contributed by atoms with E-state index in [1.165, 1.54) is 11.8 Å². The zero-order valence-corrected chi connectivity index (χ0v) is 12.4. The number of rotatable bonds is 5. The molecule has 0 radical (unpaired) electrons. The van der Waals surface area contributed by atoms with Gasteiger partial charge in [0.1, 0.15) is 10.5 Å². The molecule has 21 heavy (non-hydrogen) atoms. The second kappa shape index (κ2) is 5.56. The summed E-state index contributed by atoms with van der Waals surface area (Å²) >= 11 is 1.29. The molecule has 3 N–H and O–H groups in total. The number of hydrogen-bond donors (Lipinski definition) is 3. The molecule has 0 aliphatic carbocycles. The van der Waals surface area contributed by atoms with Gasteiger partial charge in [-0.1, -0.05) is 0 Å².